The molecular weight excluding hydrogens is 404 g/mol. The van der Waals surface area contributed by atoms with Crippen LogP contribution in [0.5, 0.6) is 5.75 Å². The van der Waals surface area contributed by atoms with E-state index in [-0.39, 0.29) is 22.7 Å². The maximum Gasteiger partial charge on any atom is 0.414 e. The lowest BCUT2D eigenvalue weighted by Gasteiger charge is -2.49. The number of aliphatic hydroxyl groups excluding tert-OH is 1. The highest BCUT2D eigenvalue weighted by Crippen LogP contribution is 2.44. The molecule has 0 saturated carbocycles. The SMILES string of the molecule is COc1c(Cl)cccc1NC(=S)C1=C(O)C[C@](C)(C(C)(C)C)N(C(=O)O)C1=O. The van der Waals surface area contributed by atoms with Crippen LogP contribution >= 0.6 is 23.8 Å². The molecule has 0 fully saturated rings. The fourth-order valence-electron chi connectivity index (χ4n) is 3.08. The van der Waals surface area contributed by atoms with Crippen LogP contribution in [0.15, 0.2) is 29.5 Å². The molecule has 1 aromatic rings. The van der Waals surface area contributed by atoms with E-state index in [1.54, 1.807) is 25.1 Å². The number of benzene rings is 1. The van der Waals surface area contributed by atoms with E-state index in [1.807, 2.05) is 20.8 Å². The van der Waals surface area contributed by atoms with E-state index in [9.17, 15) is 19.8 Å². The molecule has 1 aliphatic heterocycles. The Morgan fingerprint density at radius 1 is 1.39 bits per heavy atom. The number of hydrogen-bond donors (Lipinski definition) is 3. The number of ether oxygens (including phenoxy) is 1. The molecule has 3 N–H and O–H groups in total. The first-order chi connectivity index (χ1) is 12.8. The molecule has 28 heavy (non-hydrogen) atoms. The van der Waals surface area contributed by atoms with Crippen LogP contribution in [-0.2, 0) is 4.79 Å². The average Bonchev–Trinajstić information content (AvgIpc) is 2.53. The van der Waals surface area contributed by atoms with E-state index in [0.29, 0.717) is 16.5 Å². The number of imide groups is 1. The van der Waals surface area contributed by atoms with Gasteiger partial charge in [0.25, 0.3) is 5.91 Å². The van der Waals surface area contributed by atoms with Crippen LogP contribution in [0.2, 0.25) is 5.02 Å². The van der Waals surface area contributed by atoms with Crippen molar-refractivity contribution in [2.75, 3.05) is 12.4 Å². The number of para-hydroxylation sites is 1. The number of anilines is 1. The van der Waals surface area contributed by atoms with Gasteiger partial charge in [-0.05, 0) is 24.5 Å². The van der Waals surface area contributed by atoms with Crippen molar-refractivity contribution in [2.45, 2.75) is 39.7 Å². The molecule has 1 aromatic carbocycles. The number of nitrogens with zero attached hydrogens (tertiary/aromatic N) is 1. The first-order valence-electron chi connectivity index (χ1n) is 8.48. The normalized spacial score (nSPS) is 20.2. The molecule has 0 radical (unpaired) electrons. The lowest BCUT2D eigenvalue weighted by Crippen LogP contribution is -2.62. The number of halogens is 1. The Balaban J connectivity index is 2.50. The van der Waals surface area contributed by atoms with Gasteiger partial charge in [-0.15, -0.1) is 0 Å². The summed E-state index contributed by atoms with van der Waals surface area (Å²) in [6.45, 7) is 7.05. The molecule has 0 bridgehead atoms. The molecular formula is C19H23ClN2O5S. The second-order valence-electron chi connectivity index (χ2n) is 7.72. The first kappa shape index (κ1) is 22.0. The molecule has 0 saturated heterocycles. The molecule has 0 aliphatic carbocycles. The first-order valence-corrected chi connectivity index (χ1v) is 9.27. The van der Waals surface area contributed by atoms with Gasteiger partial charge in [0.2, 0.25) is 0 Å². The predicted octanol–water partition coefficient (Wildman–Crippen LogP) is 4.62. The summed E-state index contributed by atoms with van der Waals surface area (Å²) in [7, 11) is 1.43. The monoisotopic (exact) mass is 426 g/mol. The quantitative estimate of drug-likeness (QED) is 0.606. The van der Waals surface area contributed by atoms with Gasteiger partial charge in [-0.25, -0.2) is 9.69 Å². The number of amides is 2. The molecule has 0 unspecified atom stereocenters. The van der Waals surface area contributed by atoms with Crippen molar-refractivity contribution in [3.05, 3.63) is 34.6 Å². The maximum absolute atomic E-state index is 13.0. The van der Waals surface area contributed by atoms with Crippen molar-refractivity contribution < 1.29 is 24.5 Å². The number of rotatable bonds is 3. The number of carboxylic acid groups (broad SMARTS) is 1. The van der Waals surface area contributed by atoms with E-state index < -0.39 is 23.0 Å². The number of aliphatic hydroxyl groups is 1. The summed E-state index contributed by atoms with van der Waals surface area (Å²) in [5, 5.41) is 23.5. The number of thiocarbonyl (C=S) groups is 1. The lowest BCUT2D eigenvalue weighted by atomic mass is 9.69. The van der Waals surface area contributed by atoms with Crippen LogP contribution in [0.1, 0.15) is 34.1 Å². The standard InChI is InChI=1S/C19H23ClN2O5S/c1-18(2,3)19(4)9-12(23)13(16(24)22(19)17(25)26)15(28)21-11-8-6-7-10(20)14(11)27-5/h6-8,23H,9H2,1-5H3,(H,21,28)(H,25,26)/t19-/m1/s1. The van der Waals surface area contributed by atoms with Gasteiger partial charge in [0.1, 0.15) is 16.3 Å². The van der Waals surface area contributed by atoms with Gasteiger partial charge >= 0.3 is 6.09 Å². The van der Waals surface area contributed by atoms with Crippen molar-refractivity contribution in [1.82, 2.24) is 4.90 Å². The molecule has 9 heteroatoms. The Labute approximate surface area is 173 Å². The number of methoxy groups -OCH3 is 1. The van der Waals surface area contributed by atoms with Crippen molar-refractivity contribution in [2.24, 2.45) is 5.41 Å². The minimum absolute atomic E-state index is 0.0572. The summed E-state index contributed by atoms with van der Waals surface area (Å²) in [6.07, 6.45) is -1.46. The Hall–Kier alpha value is -2.32. The molecule has 0 spiro atoms. The maximum atomic E-state index is 13.0. The zero-order valence-corrected chi connectivity index (χ0v) is 17.9. The van der Waals surface area contributed by atoms with Gasteiger partial charge in [0.05, 0.1) is 23.4 Å². The molecule has 152 valence electrons. The largest absolute Gasteiger partial charge is 0.511 e. The molecule has 1 atom stereocenters. The van der Waals surface area contributed by atoms with Crippen LogP contribution in [0.4, 0.5) is 10.5 Å². The topological polar surface area (TPSA) is 99.1 Å². The summed E-state index contributed by atoms with van der Waals surface area (Å²) in [4.78, 5) is 25.6. The molecule has 7 nitrogen and oxygen atoms in total. The minimum Gasteiger partial charge on any atom is -0.511 e. The van der Waals surface area contributed by atoms with Crippen molar-refractivity contribution in [1.29, 1.82) is 0 Å². The summed E-state index contributed by atoms with van der Waals surface area (Å²) in [5.74, 6) is -0.838. The predicted molar refractivity (Wildman–Crippen MR) is 111 cm³/mol. The Morgan fingerprint density at radius 3 is 2.50 bits per heavy atom. The summed E-state index contributed by atoms with van der Waals surface area (Å²) < 4.78 is 5.23. The molecule has 2 rings (SSSR count). The lowest BCUT2D eigenvalue weighted by molar-refractivity contribution is -0.135. The molecule has 1 aliphatic rings. The van der Waals surface area contributed by atoms with Gasteiger partial charge in [-0.3, -0.25) is 4.79 Å². The summed E-state index contributed by atoms with van der Waals surface area (Å²) >= 11 is 11.4. The third-order valence-electron chi connectivity index (χ3n) is 5.16. The van der Waals surface area contributed by atoms with Crippen molar-refractivity contribution in [3.63, 3.8) is 0 Å². The second kappa shape index (κ2) is 7.60. The Morgan fingerprint density at radius 2 is 2.00 bits per heavy atom. The number of carbonyl (C=O) groups excluding carboxylic acids is 1. The fourth-order valence-corrected chi connectivity index (χ4v) is 3.65. The van der Waals surface area contributed by atoms with Crippen LogP contribution in [0, 0.1) is 5.41 Å². The second-order valence-corrected chi connectivity index (χ2v) is 8.54. The number of nitrogens with one attached hydrogen (secondary N) is 1. The van der Waals surface area contributed by atoms with E-state index in [0.717, 1.165) is 4.90 Å². The third-order valence-corrected chi connectivity index (χ3v) is 5.77. The van der Waals surface area contributed by atoms with Crippen molar-refractivity contribution >= 4 is 46.5 Å². The average molecular weight is 427 g/mol. The van der Waals surface area contributed by atoms with Gasteiger partial charge in [-0.1, -0.05) is 50.7 Å². The summed E-state index contributed by atoms with van der Waals surface area (Å²) in [6, 6.07) is 4.92. The number of hydrogen-bond acceptors (Lipinski definition) is 5. The smallest absolute Gasteiger partial charge is 0.414 e. The van der Waals surface area contributed by atoms with E-state index in [2.05, 4.69) is 5.32 Å². The highest BCUT2D eigenvalue weighted by atomic mass is 35.5. The third kappa shape index (κ3) is 3.66. The van der Waals surface area contributed by atoms with Gasteiger partial charge < -0.3 is 20.3 Å². The molecule has 0 aromatic heterocycles. The zero-order chi connectivity index (χ0) is 21.4. The van der Waals surface area contributed by atoms with E-state index in [1.165, 1.54) is 7.11 Å². The van der Waals surface area contributed by atoms with Crippen molar-refractivity contribution in [3.8, 4) is 5.75 Å². The highest BCUT2D eigenvalue weighted by Gasteiger charge is 2.53. The zero-order valence-electron chi connectivity index (χ0n) is 16.3. The van der Waals surface area contributed by atoms with E-state index >= 15 is 0 Å². The van der Waals surface area contributed by atoms with Crippen LogP contribution < -0.4 is 10.1 Å². The Bertz CT molecular complexity index is 878. The minimum atomic E-state index is -1.41. The van der Waals surface area contributed by atoms with E-state index in [4.69, 9.17) is 28.6 Å². The van der Waals surface area contributed by atoms with Gasteiger partial charge in [0.15, 0.2) is 5.75 Å². The fraction of sp³-hybridized carbons (Fsp3) is 0.421. The summed E-state index contributed by atoms with van der Waals surface area (Å²) in [5.41, 5.74) is -1.64. The van der Waals surface area contributed by atoms with Gasteiger partial charge in [0, 0.05) is 6.42 Å². The molecule has 2 amide bonds. The number of carbonyl (C=O) groups is 2. The van der Waals surface area contributed by atoms with Gasteiger partial charge in [-0.2, -0.15) is 0 Å². The Kier molecular flexibility index (Phi) is 5.96. The molecule has 1 heterocycles. The van der Waals surface area contributed by atoms with Crippen LogP contribution in [0.3, 0.4) is 0 Å². The van der Waals surface area contributed by atoms with Crippen LogP contribution in [0.25, 0.3) is 0 Å². The highest BCUT2D eigenvalue weighted by molar-refractivity contribution is 7.81. The van der Waals surface area contributed by atoms with Crippen LogP contribution in [-0.4, -0.2) is 44.8 Å².